The second-order valence-electron chi connectivity index (χ2n) is 6.47. The van der Waals surface area contributed by atoms with Crippen LogP contribution in [0.15, 0.2) is 0 Å². The van der Waals surface area contributed by atoms with Crippen LogP contribution in [0.1, 0.15) is 53.4 Å². The van der Waals surface area contributed by atoms with Crippen LogP contribution in [0.2, 0.25) is 0 Å². The van der Waals surface area contributed by atoms with Crippen LogP contribution >= 0.6 is 0 Å². The maximum atomic E-state index is 11.9. The highest BCUT2D eigenvalue weighted by Gasteiger charge is 2.34. The molecule has 1 aliphatic rings. The zero-order valence-corrected chi connectivity index (χ0v) is 13.0. The highest BCUT2D eigenvalue weighted by Crippen LogP contribution is 2.29. The van der Waals surface area contributed by atoms with E-state index in [1.165, 1.54) is 19.3 Å². The van der Waals surface area contributed by atoms with Crippen molar-refractivity contribution >= 4 is 5.91 Å². The molecule has 19 heavy (non-hydrogen) atoms. The molecule has 4 heteroatoms. The van der Waals surface area contributed by atoms with Crippen LogP contribution in [-0.4, -0.2) is 42.0 Å². The molecule has 1 unspecified atom stereocenters. The number of rotatable bonds is 9. The lowest BCUT2D eigenvalue weighted by Gasteiger charge is -2.31. The highest BCUT2D eigenvalue weighted by atomic mass is 16.1. The largest absolute Gasteiger partial charge is 0.354 e. The standard InChI is InChI=1S/C15H31N3O/c1-11(2)7-8-18(13-5-6-13)14(10-16)9-15(19)17-12(3)4/h11-14H,5-10,16H2,1-4H3,(H,17,19). The Balaban J connectivity index is 2.50. The first-order valence-corrected chi connectivity index (χ1v) is 7.69. The van der Waals surface area contributed by atoms with Crippen LogP contribution in [0.3, 0.4) is 0 Å². The van der Waals surface area contributed by atoms with Gasteiger partial charge in [0, 0.05) is 31.1 Å². The van der Waals surface area contributed by atoms with E-state index in [1.54, 1.807) is 0 Å². The summed E-state index contributed by atoms with van der Waals surface area (Å²) >= 11 is 0. The average molecular weight is 269 g/mol. The zero-order valence-electron chi connectivity index (χ0n) is 13.0. The van der Waals surface area contributed by atoms with E-state index >= 15 is 0 Å². The minimum absolute atomic E-state index is 0.126. The van der Waals surface area contributed by atoms with Crippen molar-refractivity contribution in [3.05, 3.63) is 0 Å². The van der Waals surface area contributed by atoms with E-state index in [4.69, 9.17) is 5.73 Å². The summed E-state index contributed by atoms with van der Waals surface area (Å²) in [5, 5.41) is 2.97. The van der Waals surface area contributed by atoms with Gasteiger partial charge >= 0.3 is 0 Å². The van der Waals surface area contributed by atoms with E-state index in [0.717, 1.165) is 6.54 Å². The van der Waals surface area contributed by atoms with Crippen molar-refractivity contribution in [2.45, 2.75) is 71.5 Å². The molecule has 1 atom stereocenters. The summed E-state index contributed by atoms with van der Waals surface area (Å²) < 4.78 is 0. The summed E-state index contributed by atoms with van der Waals surface area (Å²) in [7, 11) is 0. The molecule has 4 nitrogen and oxygen atoms in total. The number of nitrogens with zero attached hydrogens (tertiary/aromatic N) is 1. The van der Waals surface area contributed by atoms with Gasteiger partial charge in [0.2, 0.25) is 5.91 Å². The van der Waals surface area contributed by atoms with Crippen LogP contribution in [0.4, 0.5) is 0 Å². The zero-order chi connectivity index (χ0) is 14.4. The number of hydrogen-bond donors (Lipinski definition) is 2. The number of amides is 1. The number of hydrogen-bond acceptors (Lipinski definition) is 3. The lowest BCUT2D eigenvalue weighted by molar-refractivity contribution is -0.122. The molecule has 0 aliphatic heterocycles. The Labute approximate surface area is 118 Å². The topological polar surface area (TPSA) is 58.4 Å². The Morgan fingerprint density at radius 2 is 1.95 bits per heavy atom. The van der Waals surface area contributed by atoms with E-state index < -0.39 is 0 Å². The summed E-state index contributed by atoms with van der Waals surface area (Å²) in [6.07, 6.45) is 4.24. The molecule has 1 fully saturated rings. The van der Waals surface area contributed by atoms with E-state index in [0.29, 0.717) is 24.9 Å². The summed E-state index contributed by atoms with van der Waals surface area (Å²) in [4.78, 5) is 14.4. The van der Waals surface area contributed by atoms with Gasteiger partial charge in [-0.2, -0.15) is 0 Å². The molecule has 3 N–H and O–H groups in total. The predicted molar refractivity (Wildman–Crippen MR) is 79.9 cm³/mol. The fourth-order valence-electron chi connectivity index (χ4n) is 2.41. The molecule has 0 heterocycles. The maximum Gasteiger partial charge on any atom is 0.221 e. The van der Waals surface area contributed by atoms with Crippen molar-refractivity contribution in [3.8, 4) is 0 Å². The van der Waals surface area contributed by atoms with E-state index in [2.05, 4.69) is 24.1 Å². The first-order valence-electron chi connectivity index (χ1n) is 7.69. The van der Waals surface area contributed by atoms with Crippen molar-refractivity contribution in [1.29, 1.82) is 0 Å². The van der Waals surface area contributed by atoms with Crippen molar-refractivity contribution in [2.75, 3.05) is 13.1 Å². The fourth-order valence-corrected chi connectivity index (χ4v) is 2.41. The Morgan fingerprint density at radius 1 is 1.32 bits per heavy atom. The van der Waals surface area contributed by atoms with Crippen LogP contribution in [0, 0.1) is 5.92 Å². The Morgan fingerprint density at radius 3 is 2.37 bits per heavy atom. The second kappa shape index (κ2) is 7.85. The summed E-state index contributed by atoms with van der Waals surface area (Å²) in [5.74, 6) is 0.824. The molecule has 0 aromatic heterocycles. The molecular weight excluding hydrogens is 238 g/mol. The number of carbonyl (C=O) groups is 1. The Bertz CT molecular complexity index is 275. The van der Waals surface area contributed by atoms with Crippen molar-refractivity contribution in [2.24, 2.45) is 11.7 Å². The average Bonchev–Trinajstić information content (AvgIpc) is 3.10. The van der Waals surface area contributed by atoms with Crippen molar-refractivity contribution in [1.82, 2.24) is 10.2 Å². The third-order valence-corrected chi connectivity index (χ3v) is 3.59. The minimum Gasteiger partial charge on any atom is -0.354 e. The van der Waals surface area contributed by atoms with Gasteiger partial charge in [0.1, 0.15) is 0 Å². The van der Waals surface area contributed by atoms with Crippen molar-refractivity contribution in [3.63, 3.8) is 0 Å². The van der Waals surface area contributed by atoms with Crippen LogP contribution < -0.4 is 11.1 Å². The summed E-state index contributed by atoms with van der Waals surface area (Å²) in [6, 6.07) is 1.07. The third-order valence-electron chi connectivity index (χ3n) is 3.59. The normalized spacial score (nSPS) is 17.3. The van der Waals surface area contributed by atoms with Crippen LogP contribution in [0.5, 0.6) is 0 Å². The van der Waals surface area contributed by atoms with Gasteiger partial charge in [0.05, 0.1) is 0 Å². The quantitative estimate of drug-likeness (QED) is 0.670. The van der Waals surface area contributed by atoms with Crippen LogP contribution in [0.25, 0.3) is 0 Å². The monoisotopic (exact) mass is 269 g/mol. The minimum atomic E-state index is 0.126. The lowest BCUT2D eigenvalue weighted by Crippen LogP contribution is -2.46. The van der Waals surface area contributed by atoms with Crippen molar-refractivity contribution < 1.29 is 4.79 Å². The van der Waals surface area contributed by atoms with Gasteiger partial charge in [0.15, 0.2) is 0 Å². The first-order chi connectivity index (χ1) is 8.93. The summed E-state index contributed by atoms with van der Waals surface area (Å²) in [5.41, 5.74) is 5.90. The van der Waals surface area contributed by atoms with E-state index in [-0.39, 0.29) is 18.0 Å². The molecule has 0 spiro atoms. The third kappa shape index (κ3) is 6.39. The number of nitrogens with one attached hydrogen (secondary N) is 1. The molecule has 0 saturated heterocycles. The molecule has 0 bridgehead atoms. The molecule has 0 radical (unpaired) electrons. The Kier molecular flexibility index (Phi) is 6.80. The predicted octanol–water partition coefficient (Wildman–Crippen LogP) is 1.74. The van der Waals surface area contributed by atoms with Gasteiger partial charge in [-0.25, -0.2) is 0 Å². The molecule has 1 rings (SSSR count). The van der Waals surface area contributed by atoms with Gasteiger partial charge in [-0.3, -0.25) is 9.69 Å². The molecule has 0 aromatic rings. The molecule has 1 saturated carbocycles. The van der Waals surface area contributed by atoms with E-state index in [1.807, 2.05) is 13.8 Å². The van der Waals surface area contributed by atoms with Crippen LogP contribution in [-0.2, 0) is 4.79 Å². The molecule has 1 amide bonds. The summed E-state index contributed by atoms with van der Waals surface area (Å²) in [6.45, 7) is 10.1. The molecule has 0 aromatic carbocycles. The van der Waals surface area contributed by atoms with Gasteiger partial charge in [-0.1, -0.05) is 13.8 Å². The number of nitrogens with two attached hydrogens (primary N) is 1. The maximum absolute atomic E-state index is 11.9. The smallest absolute Gasteiger partial charge is 0.221 e. The number of carbonyl (C=O) groups excluding carboxylic acids is 1. The van der Waals surface area contributed by atoms with E-state index in [9.17, 15) is 4.79 Å². The highest BCUT2D eigenvalue weighted by molar-refractivity contribution is 5.76. The van der Waals surface area contributed by atoms with Gasteiger partial charge < -0.3 is 11.1 Å². The SMILES string of the molecule is CC(C)CCN(C1CC1)C(CN)CC(=O)NC(C)C. The molecular formula is C15H31N3O. The van der Waals surface area contributed by atoms with Gasteiger partial charge in [-0.05, 0) is 45.6 Å². The fraction of sp³-hybridized carbons (Fsp3) is 0.933. The van der Waals surface area contributed by atoms with Gasteiger partial charge in [-0.15, -0.1) is 0 Å². The Hall–Kier alpha value is -0.610. The molecule has 1 aliphatic carbocycles. The lowest BCUT2D eigenvalue weighted by atomic mass is 10.1. The van der Waals surface area contributed by atoms with Gasteiger partial charge in [0.25, 0.3) is 0 Å². The first kappa shape index (κ1) is 16.4. The molecule has 112 valence electrons. The second-order valence-corrected chi connectivity index (χ2v) is 6.47.